The van der Waals surface area contributed by atoms with Crippen LogP contribution in [-0.4, -0.2) is 31.0 Å². The maximum atomic E-state index is 12.1. The monoisotopic (exact) mass is 263 g/mol. The Bertz CT molecular complexity index is 382. The molecule has 0 amide bonds. The molecule has 0 heterocycles. The Morgan fingerprint density at radius 1 is 1.33 bits per heavy atom. The zero-order valence-corrected chi connectivity index (χ0v) is 10.2. The van der Waals surface area contributed by atoms with Crippen molar-refractivity contribution < 1.29 is 23.0 Å². The number of aliphatic hydroxyl groups is 1. The van der Waals surface area contributed by atoms with Crippen molar-refractivity contribution in [3.8, 4) is 5.75 Å². The number of ether oxygens (including phenoxy) is 1. The smallest absolute Gasteiger partial charge is 0.417 e. The Kier molecular flexibility index (Phi) is 4.98. The molecule has 0 saturated carbocycles. The molecule has 0 saturated heterocycles. The van der Waals surface area contributed by atoms with Crippen LogP contribution in [0.25, 0.3) is 0 Å². The van der Waals surface area contributed by atoms with Crippen LogP contribution in [0.3, 0.4) is 0 Å². The van der Waals surface area contributed by atoms with Crippen LogP contribution < -0.4 is 10.1 Å². The summed E-state index contributed by atoms with van der Waals surface area (Å²) in [5.74, 6) is 0.336. The fourth-order valence-corrected chi connectivity index (χ4v) is 1.39. The van der Waals surface area contributed by atoms with E-state index in [-0.39, 0.29) is 6.04 Å². The maximum absolute atomic E-state index is 12.1. The van der Waals surface area contributed by atoms with Gasteiger partial charge in [-0.1, -0.05) is 18.2 Å². The van der Waals surface area contributed by atoms with Crippen molar-refractivity contribution in [2.45, 2.75) is 25.2 Å². The quantitative estimate of drug-likeness (QED) is 0.856. The van der Waals surface area contributed by atoms with Crippen molar-refractivity contribution >= 4 is 0 Å². The van der Waals surface area contributed by atoms with Gasteiger partial charge in [-0.05, 0) is 20.0 Å². The lowest BCUT2D eigenvalue weighted by atomic mass is 10.1. The number of nitrogens with one attached hydrogen (secondary N) is 1. The van der Waals surface area contributed by atoms with E-state index in [0.717, 1.165) is 5.56 Å². The van der Waals surface area contributed by atoms with Crippen molar-refractivity contribution in [1.29, 1.82) is 0 Å². The van der Waals surface area contributed by atoms with E-state index in [1.54, 1.807) is 31.3 Å². The molecule has 3 nitrogen and oxygen atoms in total. The van der Waals surface area contributed by atoms with E-state index in [1.165, 1.54) is 0 Å². The van der Waals surface area contributed by atoms with Crippen LogP contribution in [0.4, 0.5) is 13.2 Å². The lowest BCUT2D eigenvalue weighted by Crippen LogP contribution is -2.34. The molecule has 1 aromatic carbocycles. The summed E-state index contributed by atoms with van der Waals surface area (Å²) in [5, 5.41) is 11.8. The molecule has 0 radical (unpaired) electrons. The minimum absolute atomic E-state index is 0.0516. The first-order valence-corrected chi connectivity index (χ1v) is 5.50. The topological polar surface area (TPSA) is 41.5 Å². The molecule has 6 heteroatoms. The molecule has 102 valence electrons. The van der Waals surface area contributed by atoms with E-state index >= 15 is 0 Å². The van der Waals surface area contributed by atoms with Crippen molar-refractivity contribution in [2.24, 2.45) is 0 Å². The Labute approximate surface area is 104 Å². The van der Waals surface area contributed by atoms with Crippen LogP contribution in [0.15, 0.2) is 24.3 Å². The molecule has 0 spiro atoms. The maximum Gasteiger partial charge on any atom is 0.417 e. The van der Waals surface area contributed by atoms with Gasteiger partial charge < -0.3 is 15.2 Å². The largest absolute Gasteiger partial charge is 0.490 e. The first-order valence-electron chi connectivity index (χ1n) is 5.50. The Morgan fingerprint density at radius 2 is 1.94 bits per heavy atom. The molecule has 0 aliphatic heterocycles. The van der Waals surface area contributed by atoms with E-state index in [9.17, 15) is 13.2 Å². The number of para-hydroxylation sites is 1. The molecule has 1 rings (SSSR count). The molecule has 0 bridgehead atoms. The van der Waals surface area contributed by atoms with E-state index in [1.807, 2.05) is 6.92 Å². The molecular weight excluding hydrogens is 247 g/mol. The number of hydrogen-bond acceptors (Lipinski definition) is 3. The van der Waals surface area contributed by atoms with Gasteiger partial charge in [0.2, 0.25) is 0 Å². The van der Waals surface area contributed by atoms with Gasteiger partial charge in [-0.2, -0.15) is 13.2 Å². The molecule has 1 aromatic rings. The van der Waals surface area contributed by atoms with Crippen LogP contribution in [-0.2, 0) is 0 Å². The van der Waals surface area contributed by atoms with Crippen LogP contribution in [0.2, 0.25) is 0 Å². The van der Waals surface area contributed by atoms with Gasteiger partial charge in [0, 0.05) is 11.6 Å². The molecular formula is C12H16F3NO2. The fraction of sp³-hybridized carbons (Fsp3) is 0.500. The number of benzene rings is 1. The third-order valence-electron chi connectivity index (χ3n) is 2.59. The summed E-state index contributed by atoms with van der Waals surface area (Å²) in [6, 6.07) is 6.73. The molecule has 0 aromatic heterocycles. The minimum atomic E-state index is -4.66. The molecule has 2 N–H and O–H groups in total. The minimum Gasteiger partial charge on any atom is -0.490 e. The molecule has 0 aliphatic carbocycles. The zero-order valence-electron chi connectivity index (χ0n) is 10.2. The summed E-state index contributed by atoms with van der Waals surface area (Å²) in [4.78, 5) is 0. The SMILES string of the molecule is CNC(C)c1ccccc1OCC(O)C(F)(F)F. The number of alkyl halides is 3. The first-order chi connectivity index (χ1) is 8.36. The van der Waals surface area contributed by atoms with E-state index in [2.05, 4.69) is 5.32 Å². The second kappa shape index (κ2) is 6.06. The van der Waals surface area contributed by atoms with Gasteiger partial charge in [-0.15, -0.1) is 0 Å². The Balaban J connectivity index is 2.73. The van der Waals surface area contributed by atoms with E-state index in [0.29, 0.717) is 5.75 Å². The Hall–Kier alpha value is -1.27. The fourth-order valence-electron chi connectivity index (χ4n) is 1.39. The highest BCUT2D eigenvalue weighted by atomic mass is 19.4. The third kappa shape index (κ3) is 3.89. The predicted octanol–water partition coefficient (Wildman–Crippen LogP) is 2.27. The van der Waals surface area contributed by atoms with Gasteiger partial charge in [-0.3, -0.25) is 0 Å². The third-order valence-corrected chi connectivity index (χ3v) is 2.59. The number of rotatable bonds is 5. The van der Waals surface area contributed by atoms with Crippen LogP contribution in [0.1, 0.15) is 18.5 Å². The van der Waals surface area contributed by atoms with Gasteiger partial charge >= 0.3 is 6.18 Å². The highest BCUT2D eigenvalue weighted by Crippen LogP contribution is 2.26. The predicted molar refractivity (Wildman–Crippen MR) is 61.5 cm³/mol. The summed E-state index contributed by atoms with van der Waals surface area (Å²) in [6.07, 6.45) is -7.14. The van der Waals surface area contributed by atoms with E-state index in [4.69, 9.17) is 9.84 Å². The Morgan fingerprint density at radius 3 is 2.50 bits per heavy atom. The molecule has 18 heavy (non-hydrogen) atoms. The first kappa shape index (κ1) is 14.8. The van der Waals surface area contributed by atoms with Gasteiger partial charge in [0.15, 0.2) is 6.10 Å². The summed E-state index contributed by atoms with van der Waals surface area (Å²) in [6.45, 7) is 1.05. The summed E-state index contributed by atoms with van der Waals surface area (Å²) in [5.41, 5.74) is 0.745. The van der Waals surface area contributed by atoms with Crippen molar-refractivity contribution in [3.05, 3.63) is 29.8 Å². The summed E-state index contributed by atoms with van der Waals surface area (Å²) in [7, 11) is 1.74. The van der Waals surface area contributed by atoms with Crippen molar-refractivity contribution in [2.75, 3.05) is 13.7 Å². The van der Waals surface area contributed by atoms with E-state index < -0.39 is 18.9 Å². The molecule has 2 atom stereocenters. The highest BCUT2D eigenvalue weighted by Gasteiger charge is 2.38. The zero-order chi connectivity index (χ0) is 13.8. The second-order valence-corrected chi connectivity index (χ2v) is 3.92. The highest BCUT2D eigenvalue weighted by molar-refractivity contribution is 5.35. The van der Waals surface area contributed by atoms with Gasteiger partial charge in [0.05, 0.1) is 0 Å². The lowest BCUT2D eigenvalue weighted by Gasteiger charge is -2.19. The van der Waals surface area contributed by atoms with Crippen LogP contribution >= 0.6 is 0 Å². The van der Waals surface area contributed by atoms with Gasteiger partial charge in [0.1, 0.15) is 12.4 Å². The number of aliphatic hydroxyl groups excluding tert-OH is 1. The molecule has 2 unspecified atom stereocenters. The molecule has 0 fully saturated rings. The average molecular weight is 263 g/mol. The van der Waals surface area contributed by atoms with Crippen LogP contribution in [0.5, 0.6) is 5.75 Å². The van der Waals surface area contributed by atoms with Gasteiger partial charge in [-0.25, -0.2) is 0 Å². The summed E-state index contributed by atoms with van der Waals surface area (Å²) < 4.78 is 41.4. The van der Waals surface area contributed by atoms with Crippen molar-refractivity contribution in [1.82, 2.24) is 5.32 Å². The van der Waals surface area contributed by atoms with Crippen LogP contribution in [0, 0.1) is 0 Å². The number of halogens is 3. The standard InChI is InChI=1S/C12H16F3NO2/c1-8(16-2)9-5-3-4-6-10(9)18-7-11(17)12(13,14)15/h3-6,8,11,16-17H,7H2,1-2H3. The second-order valence-electron chi connectivity index (χ2n) is 3.92. The van der Waals surface area contributed by atoms with Gasteiger partial charge in [0.25, 0.3) is 0 Å². The number of hydrogen-bond donors (Lipinski definition) is 2. The average Bonchev–Trinajstić information content (AvgIpc) is 2.34. The molecule has 0 aliphatic rings. The summed E-state index contributed by atoms with van der Waals surface area (Å²) >= 11 is 0. The lowest BCUT2D eigenvalue weighted by molar-refractivity contribution is -0.210. The normalized spacial score (nSPS) is 15.2. The van der Waals surface area contributed by atoms with Crippen molar-refractivity contribution in [3.63, 3.8) is 0 Å².